The van der Waals surface area contributed by atoms with Crippen molar-refractivity contribution in [3.8, 4) is 5.69 Å². The first kappa shape index (κ1) is 16.3. The molecule has 0 aliphatic heterocycles. The summed E-state index contributed by atoms with van der Waals surface area (Å²) in [6, 6.07) is 7.93. The third-order valence-corrected chi connectivity index (χ3v) is 4.79. The lowest BCUT2D eigenvalue weighted by Gasteiger charge is -2.14. The Morgan fingerprint density at radius 3 is 2.93 bits per heavy atom. The summed E-state index contributed by atoms with van der Waals surface area (Å²) in [4.78, 5) is 15.5. The average Bonchev–Trinajstić information content (AvgIpc) is 3.33. The molecule has 4 heterocycles. The second-order valence-electron chi connectivity index (χ2n) is 6.45. The molecule has 4 aromatic heterocycles. The van der Waals surface area contributed by atoms with Crippen LogP contribution in [0, 0.1) is 11.2 Å². The molecule has 2 N–H and O–H groups in total. The van der Waals surface area contributed by atoms with Gasteiger partial charge in [0.05, 0.1) is 41.8 Å². The number of nitrogens with one attached hydrogen (secondary N) is 2. The minimum Gasteiger partial charge on any atom is -0.340 e. The minimum absolute atomic E-state index is 0.251. The largest absolute Gasteiger partial charge is 0.340 e. The summed E-state index contributed by atoms with van der Waals surface area (Å²) >= 11 is 0. The Kier molecular flexibility index (Phi) is 3.54. The Labute approximate surface area is 157 Å². The fourth-order valence-electron chi connectivity index (χ4n) is 3.38. The van der Waals surface area contributed by atoms with E-state index in [1.54, 1.807) is 40.1 Å². The van der Waals surface area contributed by atoms with Crippen LogP contribution in [-0.4, -0.2) is 34.3 Å². The molecule has 1 unspecified atom stereocenters. The van der Waals surface area contributed by atoms with Crippen LogP contribution in [0.2, 0.25) is 0 Å². The molecular formula is C19H15FN8. The summed E-state index contributed by atoms with van der Waals surface area (Å²) < 4.78 is 17.3. The highest BCUT2D eigenvalue weighted by atomic mass is 19.1. The first-order valence-electron chi connectivity index (χ1n) is 8.67. The molecule has 0 radical (unpaired) electrons. The number of hydrogen-bond acceptors (Lipinski definition) is 5. The molecule has 0 saturated heterocycles. The van der Waals surface area contributed by atoms with Gasteiger partial charge in [-0.3, -0.25) is 10.4 Å². The second kappa shape index (κ2) is 6.08. The highest BCUT2D eigenvalue weighted by Gasteiger charge is 2.20. The van der Waals surface area contributed by atoms with Gasteiger partial charge in [-0.05, 0) is 31.2 Å². The van der Waals surface area contributed by atoms with Crippen molar-refractivity contribution in [3.63, 3.8) is 0 Å². The molecule has 0 fully saturated rings. The van der Waals surface area contributed by atoms with E-state index in [0.717, 1.165) is 11.1 Å². The first-order chi connectivity index (χ1) is 13.6. The molecule has 1 atom stereocenters. The zero-order chi connectivity index (χ0) is 19.3. The molecule has 0 aliphatic rings. The third-order valence-electron chi connectivity index (χ3n) is 4.79. The Hall–Kier alpha value is -3.88. The van der Waals surface area contributed by atoms with Crippen LogP contribution in [0.4, 0.5) is 4.39 Å². The predicted molar refractivity (Wildman–Crippen MR) is 100 cm³/mol. The van der Waals surface area contributed by atoms with E-state index in [4.69, 9.17) is 10.5 Å². The minimum atomic E-state index is -0.342. The van der Waals surface area contributed by atoms with Crippen LogP contribution in [0.25, 0.3) is 27.8 Å². The van der Waals surface area contributed by atoms with E-state index < -0.39 is 0 Å². The average molecular weight is 374 g/mol. The zero-order valence-electron chi connectivity index (χ0n) is 14.8. The van der Waals surface area contributed by atoms with Crippen molar-refractivity contribution >= 4 is 22.1 Å². The molecule has 8 nitrogen and oxygen atoms in total. The van der Waals surface area contributed by atoms with Gasteiger partial charge in [0.15, 0.2) is 11.1 Å². The smallest absolute Gasteiger partial charge is 0.182 e. The Bertz CT molecular complexity index is 1370. The summed E-state index contributed by atoms with van der Waals surface area (Å²) in [6.07, 6.45) is 6.44. The van der Waals surface area contributed by atoms with Gasteiger partial charge in [-0.1, -0.05) is 0 Å². The highest BCUT2D eigenvalue weighted by Crippen LogP contribution is 2.28. The Balaban J connectivity index is 1.74. The molecule has 0 aliphatic carbocycles. The fourth-order valence-corrected chi connectivity index (χ4v) is 3.38. The summed E-state index contributed by atoms with van der Waals surface area (Å²) in [7, 11) is 0. The number of aromatic amines is 1. The van der Waals surface area contributed by atoms with Crippen LogP contribution in [0.3, 0.4) is 0 Å². The zero-order valence-corrected chi connectivity index (χ0v) is 14.8. The fraction of sp³-hybridized carbons (Fsp3) is 0.105. The van der Waals surface area contributed by atoms with Gasteiger partial charge < -0.3 is 9.55 Å². The SMILES string of the molecule is CC(c1nn(-c2cccnc2)c2cc(F)ccc12)n1cnc2nc[nH]c2c1=N. The van der Waals surface area contributed by atoms with Crippen molar-refractivity contribution in [2.75, 3.05) is 0 Å². The van der Waals surface area contributed by atoms with Gasteiger partial charge in [-0.25, -0.2) is 19.0 Å². The van der Waals surface area contributed by atoms with Gasteiger partial charge in [0.1, 0.15) is 11.3 Å². The van der Waals surface area contributed by atoms with Gasteiger partial charge in [0.2, 0.25) is 0 Å². The number of rotatable bonds is 3. The standard InChI is InChI=1S/C19H15FN8/c1-11(27-10-25-19-17(18(27)21)23-9-24-19)16-14-5-4-12(20)7-15(14)28(26-16)13-3-2-6-22-8-13/h2-11,21H,1H3,(H,23,24). The maximum absolute atomic E-state index is 14.0. The maximum Gasteiger partial charge on any atom is 0.182 e. The van der Waals surface area contributed by atoms with E-state index in [9.17, 15) is 4.39 Å². The second-order valence-corrected chi connectivity index (χ2v) is 6.45. The van der Waals surface area contributed by atoms with Crippen LogP contribution in [-0.2, 0) is 0 Å². The number of nitrogens with zero attached hydrogens (tertiary/aromatic N) is 6. The quantitative estimate of drug-likeness (QED) is 0.507. The number of pyridine rings is 1. The van der Waals surface area contributed by atoms with Crippen LogP contribution in [0.1, 0.15) is 18.7 Å². The molecule has 0 saturated carbocycles. The van der Waals surface area contributed by atoms with Gasteiger partial charge in [-0.2, -0.15) is 5.10 Å². The van der Waals surface area contributed by atoms with E-state index in [0.29, 0.717) is 22.4 Å². The number of hydrogen-bond donors (Lipinski definition) is 2. The van der Waals surface area contributed by atoms with Crippen molar-refractivity contribution in [3.05, 3.63) is 72.4 Å². The topological polar surface area (TPSA) is 101 Å². The molecule has 0 bridgehead atoms. The monoisotopic (exact) mass is 374 g/mol. The molecule has 1 aromatic carbocycles. The summed E-state index contributed by atoms with van der Waals surface area (Å²) in [5.74, 6) is -0.342. The predicted octanol–water partition coefficient (Wildman–Crippen LogP) is 2.72. The normalized spacial score (nSPS) is 12.6. The lowest BCUT2D eigenvalue weighted by Crippen LogP contribution is -2.25. The Morgan fingerprint density at radius 2 is 2.11 bits per heavy atom. The van der Waals surface area contributed by atoms with E-state index in [1.165, 1.54) is 18.5 Å². The molecular weight excluding hydrogens is 359 g/mol. The van der Waals surface area contributed by atoms with E-state index in [1.807, 2.05) is 13.0 Å². The number of benzene rings is 1. The van der Waals surface area contributed by atoms with Gasteiger partial charge in [-0.15, -0.1) is 0 Å². The van der Waals surface area contributed by atoms with E-state index >= 15 is 0 Å². The van der Waals surface area contributed by atoms with Crippen molar-refractivity contribution in [2.45, 2.75) is 13.0 Å². The molecule has 5 aromatic rings. The highest BCUT2D eigenvalue weighted by molar-refractivity contribution is 5.84. The van der Waals surface area contributed by atoms with Crippen LogP contribution in [0.5, 0.6) is 0 Å². The summed E-state index contributed by atoms with van der Waals surface area (Å²) in [5.41, 5.74) is 3.37. The molecule has 5 rings (SSSR count). The molecule has 0 amide bonds. The first-order valence-corrected chi connectivity index (χ1v) is 8.67. The maximum atomic E-state index is 14.0. The van der Waals surface area contributed by atoms with Crippen LogP contribution in [0.15, 0.2) is 55.4 Å². The van der Waals surface area contributed by atoms with Crippen molar-refractivity contribution in [1.29, 1.82) is 5.41 Å². The number of aromatic nitrogens is 7. The molecule has 0 spiro atoms. The van der Waals surface area contributed by atoms with Crippen molar-refractivity contribution < 1.29 is 4.39 Å². The summed E-state index contributed by atoms with van der Waals surface area (Å²) in [6.45, 7) is 1.93. The summed E-state index contributed by atoms with van der Waals surface area (Å²) in [5, 5.41) is 14.0. The van der Waals surface area contributed by atoms with Crippen molar-refractivity contribution in [2.24, 2.45) is 0 Å². The number of fused-ring (bicyclic) bond motifs is 2. The number of imidazole rings is 1. The number of halogens is 1. The van der Waals surface area contributed by atoms with Crippen LogP contribution >= 0.6 is 0 Å². The third kappa shape index (κ3) is 2.40. The molecule has 138 valence electrons. The van der Waals surface area contributed by atoms with E-state index in [-0.39, 0.29) is 17.3 Å². The molecule has 28 heavy (non-hydrogen) atoms. The van der Waals surface area contributed by atoms with Gasteiger partial charge in [0.25, 0.3) is 0 Å². The van der Waals surface area contributed by atoms with E-state index in [2.05, 4.69) is 19.9 Å². The van der Waals surface area contributed by atoms with Gasteiger partial charge in [0, 0.05) is 17.6 Å². The van der Waals surface area contributed by atoms with Crippen molar-refractivity contribution in [1.82, 2.24) is 34.3 Å². The number of H-pyrrole nitrogens is 1. The lowest BCUT2D eigenvalue weighted by atomic mass is 10.1. The van der Waals surface area contributed by atoms with Gasteiger partial charge >= 0.3 is 0 Å². The van der Waals surface area contributed by atoms with Crippen LogP contribution < -0.4 is 5.49 Å². The lowest BCUT2D eigenvalue weighted by molar-refractivity contribution is 0.576. The molecule has 9 heteroatoms. The Morgan fingerprint density at radius 1 is 1.21 bits per heavy atom.